The molecule has 6 nitrogen and oxygen atoms in total. The molecule has 556 valence electrons. The Hall–Kier alpha value is -14.4. The van der Waals surface area contributed by atoms with Crippen molar-refractivity contribution in [2.24, 2.45) is 0 Å². The van der Waals surface area contributed by atoms with Gasteiger partial charge in [0.25, 0.3) is 6.71 Å². The molecular weight excluding hydrogens is 1420 g/mol. The van der Waals surface area contributed by atoms with Crippen LogP contribution >= 0.6 is 0 Å². The first-order valence-electron chi connectivity index (χ1n) is 44.2. The maximum absolute atomic E-state index is 10.2. The van der Waals surface area contributed by atoms with E-state index in [1.54, 1.807) is 4.57 Å². The third kappa shape index (κ3) is 11.5. The number of rotatable bonds is 12. The van der Waals surface area contributed by atoms with Crippen molar-refractivity contribution in [1.82, 2.24) is 13.7 Å². The van der Waals surface area contributed by atoms with Gasteiger partial charge in [0.05, 0.1) is 49.8 Å². The number of anilines is 9. The Labute approximate surface area is 694 Å². The first kappa shape index (κ1) is 61.2. The predicted octanol–water partition coefficient (Wildman–Crippen LogP) is 27.8. The van der Waals surface area contributed by atoms with E-state index < -0.39 is 55.1 Å². The second kappa shape index (κ2) is 27.2. The van der Waals surface area contributed by atoms with Crippen LogP contribution in [-0.4, -0.2) is 20.4 Å². The van der Waals surface area contributed by atoms with Crippen LogP contribution in [0.5, 0.6) is 0 Å². The Morgan fingerprint density at radius 3 is 1.07 bits per heavy atom. The summed E-state index contributed by atoms with van der Waals surface area (Å²) in [6.45, 7) is 13.1. The molecule has 2 aliphatic rings. The quantitative estimate of drug-likeness (QED) is 0.114. The van der Waals surface area contributed by atoms with Crippen LogP contribution in [0.1, 0.15) is 63.6 Å². The second-order valence-corrected chi connectivity index (χ2v) is 33.1. The molecule has 0 saturated heterocycles. The van der Waals surface area contributed by atoms with Crippen molar-refractivity contribution < 1.29 is 11.0 Å². The molecule has 7 heteroatoms. The lowest BCUT2D eigenvalue weighted by Gasteiger charge is -2.45. The first-order valence-corrected chi connectivity index (χ1v) is 40.2. The predicted molar refractivity (Wildman–Crippen MR) is 497 cm³/mol. The lowest BCUT2D eigenvalue weighted by molar-refractivity contribution is 0.590. The molecule has 20 aromatic rings. The van der Waals surface area contributed by atoms with Crippen molar-refractivity contribution in [3.63, 3.8) is 0 Å². The number of nitrogens with zero attached hydrogens (tertiary/aromatic N) is 6. The van der Waals surface area contributed by atoms with Crippen molar-refractivity contribution in [2.45, 2.75) is 52.4 Å². The molecule has 0 N–H and O–H groups in total. The van der Waals surface area contributed by atoms with Crippen molar-refractivity contribution in [1.29, 1.82) is 0 Å². The number of hydrogen-bond donors (Lipinski definition) is 0. The molecule has 0 amide bonds. The van der Waals surface area contributed by atoms with E-state index in [9.17, 15) is 11.0 Å². The van der Waals surface area contributed by atoms with Gasteiger partial charge >= 0.3 is 0 Å². The largest absolute Gasteiger partial charge is 0.311 e. The molecule has 22 rings (SSSR count). The molecule has 0 unspecified atom stereocenters. The van der Waals surface area contributed by atoms with Gasteiger partial charge < -0.3 is 28.4 Å². The summed E-state index contributed by atoms with van der Waals surface area (Å²) in [5.74, 6) is 0. The highest BCUT2D eigenvalue weighted by molar-refractivity contribution is 7.00. The summed E-state index contributed by atoms with van der Waals surface area (Å²) in [6, 6.07) is 120. The Balaban J connectivity index is 0.898. The molecule has 17 aromatic carbocycles. The number of hydrogen-bond acceptors (Lipinski definition) is 3. The van der Waals surface area contributed by atoms with Crippen molar-refractivity contribution in [2.75, 3.05) is 14.7 Å². The second-order valence-electron chi connectivity index (χ2n) is 33.1. The molecule has 0 radical (unpaired) electrons. The van der Waals surface area contributed by atoms with Gasteiger partial charge in [-0.15, -0.1) is 0 Å². The summed E-state index contributed by atoms with van der Waals surface area (Å²) < 4.78 is 84.7. The summed E-state index contributed by atoms with van der Waals surface area (Å²) >= 11 is 0. The summed E-state index contributed by atoms with van der Waals surface area (Å²) in [5.41, 5.74) is 27.0. The monoisotopic (exact) mass is 1510 g/mol. The van der Waals surface area contributed by atoms with Gasteiger partial charge in [-0.3, -0.25) is 0 Å². The van der Waals surface area contributed by atoms with Crippen LogP contribution in [0.2, 0.25) is 0 Å². The number of fused-ring (bicyclic) bond motifs is 13. The molecular formula is C110H83BN6. The zero-order valence-corrected chi connectivity index (χ0v) is 65.7. The molecule has 0 fully saturated rings. The Morgan fingerprint density at radius 1 is 0.248 bits per heavy atom. The van der Waals surface area contributed by atoms with Crippen molar-refractivity contribution in [3.8, 4) is 61.6 Å². The fourth-order valence-corrected chi connectivity index (χ4v) is 18.5. The summed E-state index contributed by atoms with van der Waals surface area (Å²) in [4.78, 5) is 7.10. The van der Waals surface area contributed by atoms with E-state index in [0.29, 0.717) is 11.4 Å². The van der Waals surface area contributed by atoms with Crippen LogP contribution in [0.3, 0.4) is 0 Å². The van der Waals surface area contributed by atoms with Gasteiger partial charge in [0.1, 0.15) is 0 Å². The molecule has 0 aliphatic carbocycles. The SMILES string of the molecule is [2H]c1c([2H])c([2H])c2c(c1[2H])c1c([2H])c([2H])c([2H])c([2H])c1n2-c1cc2c3c(c1)N(c1cc(-c4ccccc4)cc(-c4ccccc4)c1)c1cc(-n4c5ccc(C(C)(C)C)cc5c5cc(C(C)(C)C)ccc54)ccc1B3c1ccc(N(c3ccccc3)c3ccc(-n4c5ccccc5c5ccccc54)cc3)cc1N2c1cc(-c2ccccc2)cc(-c2ccccc2)c1. The van der Waals surface area contributed by atoms with Gasteiger partial charge in [-0.1, -0.05) is 278 Å². The molecule has 0 spiro atoms. The van der Waals surface area contributed by atoms with E-state index in [-0.39, 0.29) is 32.6 Å². The fraction of sp³-hybridized carbons (Fsp3) is 0.0727. The maximum Gasteiger partial charge on any atom is 0.252 e. The lowest BCUT2D eigenvalue weighted by atomic mass is 9.33. The highest BCUT2D eigenvalue weighted by Crippen LogP contribution is 2.52. The van der Waals surface area contributed by atoms with Crippen LogP contribution in [0, 0.1) is 0 Å². The van der Waals surface area contributed by atoms with E-state index >= 15 is 0 Å². The number of para-hydroxylation sites is 5. The van der Waals surface area contributed by atoms with Crippen LogP contribution in [0.4, 0.5) is 51.2 Å². The van der Waals surface area contributed by atoms with E-state index in [1.165, 1.54) is 21.9 Å². The minimum absolute atomic E-state index is 0.00457. The van der Waals surface area contributed by atoms with Crippen LogP contribution < -0.4 is 31.1 Å². The topological polar surface area (TPSA) is 24.5 Å². The minimum atomic E-state index is -0.559. The molecule has 0 atom stereocenters. The average Bonchev–Trinajstić information content (AvgIpc) is 1.66. The molecule has 2 aliphatic heterocycles. The van der Waals surface area contributed by atoms with E-state index in [2.05, 4.69) is 381 Å². The number of benzene rings is 17. The Morgan fingerprint density at radius 2 is 0.607 bits per heavy atom. The smallest absolute Gasteiger partial charge is 0.252 e. The van der Waals surface area contributed by atoms with Gasteiger partial charge in [0.2, 0.25) is 0 Å². The standard InChI is InChI=1S/C110H83BN6/c1-109(2,3)80-48-58-102-94(66-80)95-67-81(110(4,5)6)49-59-103(95)114(102)86-55-57-97-105(69-86)117(88-64-78(74-34-16-9-17-35-74)61-79(65-88)75-36-18-10-19-37-75)107-71-89(115-100-46-28-24-42-92(100)93-43-25-29-47-101(93)115)70-106-108(107)111(97)96-56-54-85(68-104(96)116(106)87-62-76(72-30-12-7-13-31-72)60-77(63-87)73-32-14-8-15-33-73)112(82-38-20-11-21-39-82)83-50-52-84(53-51-83)113-98-44-26-22-40-90(98)91-41-23-27-45-99(91)113/h7-71H,1-6H3/i24D,25D,28D,29D,42D,43D,46D,47D. The third-order valence-corrected chi connectivity index (χ3v) is 24.1. The molecule has 0 saturated carbocycles. The van der Waals surface area contributed by atoms with Crippen LogP contribution in [0.25, 0.3) is 127 Å². The van der Waals surface area contributed by atoms with E-state index in [0.717, 1.165) is 151 Å². The summed E-state index contributed by atoms with van der Waals surface area (Å²) in [6.07, 6.45) is 0. The lowest BCUT2D eigenvalue weighted by Crippen LogP contribution is -2.61. The molecule has 3 aromatic heterocycles. The van der Waals surface area contributed by atoms with Gasteiger partial charge in [0.15, 0.2) is 0 Å². The zero-order chi connectivity index (χ0) is 85.3. The van der Waals surface area contributed by atoms with Crippen LogP contribution in [0.15, 0.2) is 394 Å². The first-order chi connectivity index (χ1) is 60.6. The molecule has 5 heterocycles. The summed E-state index contributed by atoms with van der Waals surface area (Å²) in [5, 5.41) is 4.59. The average molecular weight is 1510 g/mol. The Kier molecular flexibility index (Phi) is 14.2. The normalized spacial score (nSPS) is 13.6. The summed E-state index contributed by atoms with van der Waals surface area (Å²) in [7, 11) is 0. The highest BCUT2D eigenvalue weighted by Gasteiger charge is 2.45. The zero-order valence-electron chi connectivity index (χ0n) is 73.7. The third-order valence-electron chi connectivity index (χ3n) is 24.1. The van der Waals surface area contributed by atoms with E-state index in [1.807, 2.05) is 30.3 Å². The Bertz CT molecular complexity index is 7530. The van der Waals surface area contributed by atoms with Gasteiger partial charge in [-0.25, -0.2) is 0 Å². The molecule has 0 bridgehead atoms. The van der Waals surface area contributed by atoms with Crippen LogP contribution in [-0.2, 0) is 10.8 Å². The van der Waals surface area contributed by atoms with Gasteiger partial charge in [-0.05, 0) is 241 Å². The van der Waals surface area contributed by atoms with E-state index in [4.69, 9.17) is 0 Å². The van der Waals surface area contributed by atoms with Crippen molar-refractivity contribution >= 4 is 140 Å². The molecule has 117 heavy (non-hydrogen) atoms. The number of aromatic nitrogens is 3. The highest BCUT2D eigenvalue weighted by atomic mass is 15.2. The van der Waals surface area contributed by atoms with Gasteiger partial charge in [-0.2, -0.15) is 0 Å². The maximum atomic E-state index is 10.2. The van der Waals surface area contributed by atoms with Gasteiger partial charge in [0, 0.05) is 94.9 Å². The fourth-order valence-electron chi connectivity index (χ4n) is 18.5. The van der Waals surface area contributed by atoms with Crippen molar-refractivity contribution in [3.05, 3.63) is 405 Å². The minimum Gasteiger partial charge on any atom is -0.311 e.